The lowest BCUT2D eigenvalue weighted by Gasteiger charge is -2.37. The Morgan fingerprint density at radius 2 is 2.06 bits per heavy atom. The van der Waals surface area contributed by atoms with Gasteiger partial charge in [0.2, 0.25) is 5.88 Å². The molecule has 186 valence electrons. The maximum absolute atomic E-state index is 14.2. The second kappa shape index (κ2) is 11.3. The number of hydrogen-bond acceptors (Lipinski definition) is 5. The minimum absolute atomic E-state index is 0.0221. The Kier molecular flexibility index (Phi) is 8.47. The Bertz CT molecular complexity index is 1140. The third kappa shape index (κ3) is 6.17. The van der Waals surface area contributed by atoms with Crippen LogP contribution in [0.25, 0.3) is 0 Å². The molecule has 0 saturated heterocycles. The molecule has 0 bridgehead atoms. The lowest BCUT2D eigenvalue weighted by Crippen LogP contribution is -2.50. The largest absolute Gasteiger partial charge is 0.472 e. The fourth-order valence-corrected chi connectivity index (χ4v) is 3.81. The van der Waals surface area contributed by atoms with E-state index in [1.807, 2.05) is 20.8 Å². The average molecular weight is 482 g/mol. The van der Waals surface area contributed by atoms with Crippen LogP contribution < -0.4 is 4.74 Å². The van der Waals surface area contributed by atoms with Gasteiger partial charge in [0.25, 0.3) is 11.8 Å². The zero-order chi connectivity index (χ0) is 25.7. The van der Waals surface area contributed by atoms with Crippen LogP contribution in [-0.4, -0.2) is 70.6 Å². The number of benzene rings is 1. The van der Waals surface area contributed by atoms with E-state index in [-0.39, 0.29) is 47.9 Å². The van der Waals surface area contributed by atoms with Crippen LogP contribution >= 0.6 is 0 Å². The minimum Gasteiger partial charge on any atom is -0.472 e. The van der Waals surface area contributed by atoms with E-state index in [0.29, 0.717) is 12.1 Å². The molecule has 2 aromatic rings. The van der Waals surface area contributed by atoms with E-state index < -0.39 is 23.9 Å². The number of aromatic nitrogens is 1. The number of halogens is 1. The van der Waals surface area contributed by atoms with Gasteiger partial charge in [-0.25, -0.2) is 9.37 Å². The van der Waals surface area contributed by atoms with Crippen LogP contribution in [0.4, 0.5) is 4.39 Å². The molecule has 0 spiro atoms. The van der Waals surface area contributed by atoms with Crippen molar-refractivity contribution in [3.05, 3.63) is 59.0 Å². The summed E-state index contributed by atoms with van der Waals surface area (Å²) in [4.78, 5) is 33.7. The van der Waals surface area contributed by atoms with Gasteiger partial charge in [0.15, 0.2) is 0 Å². The molecule has 8 heteroatoms. The second-order valence-electron chi connectivity index (χ2n) is 9.29. The Morgan fingerprint density at radius 1 is 1.34 bits per heavy atom. The van der Waals surface area contributed by atoms with Gasteiger partial charge in [-0.15, -0.1) is 0 Å². The molecule has 1 aliphatic heterocycles. The Hall–Kier alpha value is -3.44. The molecule has 0 saturated carbocycles. The fourth-order valence-electron chi connectivity index (χ4n) is 3.81. The van der Waals surface area contributed by atoms with E-state index in [9.17, 15) is 19.1 Å². The molecule has 1 aromatic carbocycles. The summed E-state index contributed by atoms with van der Waals surface area (Å²) in [6.07, 6.45) is 1.02. The summed E-state index contributed by atoms with van der Waals surface area (Å²) in [5.41, 5.74) is 0.815. The molecule has 0 unspecified atom stereocenters. The third-order valence-corrected chi connectivity index (χ3v) is 5.93. The molecule has 1 N–H and O–H groups in total. The number of pyridine rings is 1. The summed E-state index contributed by atoms with van der Waals surface area (Å²) >= 11 is 0. The van der Waals surface area contributed by atoms with Gasteiger partial charge in [0.05, 0.1) is 24.8 Å². The van der Waals surface area contributed by atoms with Crippen molar-refractivity contribution in [1.29, 1.82) is 0 Å². The number of likely N-dealkylation sites (N-methyl/N-ethyl adjacent to an activating group) is 1. The quantitative estimate of drug-likeness (QED) is 0.663. The van der Waals surface area contributed by atoms with Gasteiger partial charge in [0, 0.05) is 37.2 Å². The molecule has 35 heavy (non-hydrogen) atoms. The van der Waals surface area contributed by atoms with E-state index in [2.05, 4.69) is 16.8 Å². The topological polar surface area (TPSA) is 83.0 Å². The predicted octanol–water partition coefficient (Wildman–Crippen LogP) is 3.22. The van der Waals surface area contributed by atoms with Gasteiger partial charge in [-0.1, -0.05) is 44.7 Å². The van der Waals surface area contributed by atoms with Gasteiger partial charge >= 0.3 is 0 Å². The molecule has 1 aromatic heterocycles. The Balaban J connectivity index is 1.96. The van der Waals surface area contributed by atoms with Crippen LogP contribution in [0.2, 0.25) is 0 Å². The summed E-state index contributed by atoms with van der Waals surface area (Å²) < 4.78 is 20.4. The molecule has 2 amide bonds. The van der Waals surface area contributed by atoms with Crippen LogP contribution in [0.1, 0.15) is 54.0 Å². The number of carbonyl (C=O) groups is 2. The molecule has 3 atom stereocenters. The lowest BCUT2D eigenvalue weighted by atomic mass is 9.99. The van der Waals surface area contributed by atoms with Crippen molar-refractivity contribution >= 4 is 11.8 Å². The van der Waals surface area contributed by atoms with Crippen molar-refractivity contribution in [2.24, 2.45) is 11.8 Å². The van der Waals surface area contributed by atoms with Crippen molar-refractivity contribution < 1.29 is 23.8 Å². The van der Waals surface area contributed by atoms with E-state index in [1.54, 1.807) is 37.2 Å². The molecule has 3 rings (SSSR count). The Labute approximate surface area is 205 Å². The van der Waals surface area contributed by atoms with Crippen molar-refractivity contribution in [3.8, 4) is 17.7 Å². The maximum Gasteiger partial charge on any atom is 0.259 e. The fraction of sp³-hybridized carbons (Fsp3) is 0.444. The number of ether oxygens (including phenoxy) is 1. The first kappa shape index (κ1) is 26.2. The number of hydrogen-bond donors (Lipinski definition) is 1. The number of amides is 2. The molecule has 0 fully saturated rings. The standard InChI is InChI=1S/C27H32FN3O4/c1-17(2)10-11-20-12-22-25(29-13-20)35-24(18(3)14-31(27(22)34)19(4)16-32)15-30(5)26(33)21-8-6-7-9-23(21)28/h6-9,12-13,17-19,24,32H,14-16H2,1-5H3/t18-,19+,24-/m0/s1. The first-order chi connectivity index (χ1) is 16.6. The summed E-state index contributed by atoms with van der Waals surface area (Å²) in [6.45, 7) is 7.87. The zero-order valence-electron chi connectivity index (χ0n) is 20.8. The molecular weight excluding hydrogens is 449 g/mol. The van der Waals surface area contributed by atoms with Crippen molar-refractivity contribution in [2.45, 2.75) is 39.8 Å². The molecular formula is C27H32FN3O4. The Morgan fingerprint density at radius 3 is 2.71 bits per heavy atom. The number of carbonyl (C=O) groups excluding carboxylic acids is 2. The summed E-state index contributed by atoms with van der Waals surface area (Å²) in [6, 6.07) is 7.05. The van der Waals surface area contributed by atoms with Gasteiger partial charge < -0.3 is 19.6 Å². The highest BCUT2D eigenvalue weighted by Gasteiger charge is 2.35. The predicted molar refractivity (Wildman–Crippen MR) is 130 cm³/mol. The van der Waals surface area contributed by atoms with Crippen LogP contribution in [0.3, 0.4) is 0 Å². The summed E-state index contributed by atoms with van der Waals surface area (Å²) in [5, 5.41) is 9.79. The van der Waals surface area contributed by atoms with E-state index >= 15 is 0 Å². The third-order valence-electron chi connectivity index (χ3n) is 5.93. The average Bonchev–Trinajstić information content (AvgIpc) is 2.84. The molecule has 0 radical (unpaired) electrons. The number of fused-ring (bicyclic) bond motifs is 1. The number of rotatable bonds is 5. The second-order valence-corrected chi connectivity index (χ2v) is 9.29. The zero-order valence-corrected chi connectivity index (χ0v) is 20.8. The number of aliphatic hydroxyl groups is 1. The smallest absolute Gasteiger partial charge is 0.259 e. The van der Waals surface area contributed by atoms with Crippen molar-refractivity contribution in [3.63, 3.8) is 0 Å². The molecule has 1 aliphatic rings. The van der Waals surface area contributed by atoms with Gasteiger partial charge in [0.1, 0.15) is 17.5 Å². The molecule has 2 heterocycles. The molecule has 7 nitrogen and oxygen atoms in total. The van der Waals surface area contributed by atoms with Gasteiger partial charge in [-0.2, -0.15) is 0 Å². The highest BCUT2D eigenvalue weighted by molar-refractivity contribution is 5.97. The van der Waals surface area contributed by atoms with Crippen LogP contribution in [0.5, 0.6) is 5.88 Å². The van der Waals surface area contributed by atoms with Gasteiger partial charge in [-0.05, 0) is 25.1 Å². The molecule has 0 aliphatic carbocycles. The van der Waals surface area contributed by atoms with E-state index in [1.165, 1.54) is 23.1 Å². The number of nitrogens with zero attached hydrogens (tertiary/aromatic N) is 3. The maximum atomic E-state index is 14.2. The van der Waals surface area contributed by atoms with Crippen LogP contribution in [-0.2, 0) is 0 Å². The van der Waals surface area contributed by atoms with E-state index in [0.717, 1.165) is 0 Å². The van der Waals surface area contributed by atoms with Gasteiger partial charge in [-0.3, -0.25) is 9.59 Å². The summed E-state index contributed by atoms with van der Waals surface area (Å²) in [5.74, 6) is 4.81. The van der Waals surface area contributed by atoms with Crippen LogP contribution in [0, 0.1) is 29.5 Å². The first-order valence-corrected chi connectivity index (χ1v) is 11.7. The number of aliphatic hydroxyl groups excluding tert-OH is 1. The first-order valence-electron chi connectivity index (χ1n) is 11.7. The summed E-state index contributed by atoms with van der Waals surface area (Å²) in [7, 11) is 1.59. The highest BCUT2D eigenvalue weighted by Crippen LogP contribution is 2.27. The normalized spacial score (nSPS) is 18.5. The van der Waals surface area contributed by atoms with Crippen LogP contribution in [0.15, 0.2) is 36.5 Å². The van der Waals surface area contributed by atoms with Crippen molar-refractivity contribution in [1.82, 2.24) is 14.8 Å². The monoisotopic (exact) mass is 481 g/mol. The minimum atomic E-state index is -0.591. The van der Waals surface area contributed by atoms with E-state index in [4.69, 9.17) is 4.74 Å². The lowest BCUT2D eigenvalue weighted by molar-refractivity contribution is 0.0312. The van der Waals surface area contributed by atoms with Crippen molar-refractivity contribution in [2.75, 3.05) is 26.7 Å². The SMILES string of the molecule is CC(C)C#Cc1cnc2c(c1)C(=O)N([C@H](C)CO)C[C@H](C)[C@H](CN(C)C(=O)c1ccccc1F)O2. The highest BCUT2D eigenvalue weighted by atomic mass is 19.1.